The number of rotatable bonds is 7. The third-order valence-electron chi connectivity index (χ3n) is 7.82. The largest absolute Gasteiger partial charge is 0.469 e. The second-order valence-corrected chi connectivity index (χ2v) is 18.0. The quantitative estimate of drug-likeness (QED) is 0.290. The summed E-state index contributed by atoms with van der Waals surface area (Å²) in [6.07, 6.45) is 4.07. The molecule has 0 amide bonds. The number of ether oxygens (including phenoxy) is 2. The van der Waals surface area contributed by atoms with E-state index in [9.17, 15) is 19.2 Å². The Morgan fingerprint density at radius 3 is 1.67 bits per heavy atom. The van der Waals surface area contributed by atoms with Crippen LogP contribution in [0.5, 0.6) is 0 Å². The maximum atomic E-state index is 12.4. The highest BCUT2D eigenvalue weighted by molar-refractivity contribution is 6.76. The molecule has 0 saturated heterocycles. The SMILES string of the molecule is CCC(C)(C)C(=O)OC1C(=O)C2C3CCC(C3)C2C1=O.CCC(C)(C)C(=O)OC[Si](C)(C)C. The number of ketones is 2. The predicted octanol–water partition coefficient (Wildman–Crippen LogP) is 4.99. The highest BCUT2D eigenvalue weighted by atomic mass is 28.3. The van der Waals surface area contributed by atoms with E-state index in [0.717, 1.165) is 25.7 Å². The number of carbonyl (C=O) groups is 4. The highest BCUT2D eigenvalue weighted by Crippen LogP contribution is 2.56. The molecule has 33 heavy (non-hydrogen) atoms. The zero-order valence-electron chi connectivity index (χ0n) is 22.1. The summed E-state index contributed by atoms with van der Waals surface area (Å²) in [6, 6.07) is 0. The Morgan fingerprint density at radius 2 is 1.27 bits per heavy atom. The van der Waals surface area contributed by atoms with Crippen LogP contribution in [0.15, 0.2) is 0 Å². The van der Waals surface area contributed by atoms with Gasteiger partial charge in [-0.15, -0.1) is 0 Å². The number of hydrogen-bond acceptors (Lipinski definition) is 6. The molecule has 2 bridgehead atoms. The van der Waals surface area contributed by atoms with Crippen molar-refractivity contribution in [3.05, 3.63) is 0 Å². The second kappa shape index (κ2) is 10.0. The number of fused-ring (bicyclic) bond motifs is 5. The van der Waals surface area contributed by atoms with Crippen molar-refractivity contribution in [3.8, 4) is 0 Å². The third kappa shape index (κ3) is 6.14. The van der Waals surface area contributed by atoms with Crippen molar-refractivity contribution in [3.63, 3.8) is 0 Å². The van der Waals surface area contributed by atoms with E-state index in [-0.39, 0.29) is 34.8 Å². The molecule has 0 heterocycles. The predicted molar refractivity (Wildman–Crippen MR) is 130 cm³/mol. The second-order valence-electron chi connectivity index (χ2n) is 12.6. The van der Waals surface area contributed by atoms with Gasteiger partial charge >= 0.3 is 11.9 Å². The fourth-order valence-corrected chi connectivity index (χ4v) is 5.31. The van der Waals surface area contributed by atoms with Crippen LogP contribution in [0.2, 0.25) is 19.6 Å². The number of Topliss-reactive ketones (excluding diaryl/α,β-unsaturated/α-hetero) is 2. The molecule has 3 aliphatic carbocycles. The van der Waals surface area contributed by atoms with Gasteiger partial charge in [0.05, 0.1) is 25.1 Å². The molecule has 0 aliphatic heterocycles. The van der Waals surface area contributed by atoms with Gasteiger partial charge in [0.2, 0.25) is 6.10 Å². The molecule has 4 atom stereocenters. The fourth-order valence-electron chi connectivity index (χ4n) is 4.75. The number of carbonyl (C=O) groups excluding carboxylic acids is 4. The van der Waals surface area contributed by atoms with Gasteiger partial charge in [-0.3, -0.25) is 19.2 Å². The monoisotopic (exact) mass is 480 g/mol. The Morgan fingerprint density at radius 1 is 0.848 bits per heavy atom. The van der Waals surface area contributed by atoms with Crippen LogP contribution in [-0.2, 0) is 28.7 Å². The zero-order chi connectivity index (χ0) is 25.4. The lowest BCUT2D eigenvalue weighted by Crippen LogP contribution is -2.36. The van der Waals surface area contributed by atoms with Gasteiger partial charge in [0.1, 0.15) is 0 Å². The van der Waals surface area contributed by atoms with Gasteiger partial charge in [0.25, 0.3) is 0 Å². The number of hydrogen-bond donors (Lipinski definition) is 0. The zero-order valence-corrected chi connectivity index (χ0v) is 23.1. The molecule has 3 fully saturated rings. The molecule has 3 aliphatic rings. The first kappa shape index (κ1) is 27.7. The molecule has 0 aromatic heterocycles. The van der Waals surface area contributed by atoms with Crippen LogP contribution >= 0.6 is 0 Å². The summed E-state index contributed by atoms with van der Waals surface area (Å²) in [5.41, 5.74) is -0.961. The van der Waals surface area contributed by atoms with Gasteiger partial charge in [-0.05, 0) is 71.6 Å². The molecule has 0 spiro atoms. The van der Waals surface area contributed by atoms with Gasteiger partial charge in [0.15, 0.2) is 11.6 Å². The summed E-state index contributed by atoms with van der Waals surface area (Å²) < 4.78 is 10.6. The minimum absolute atomic E-state index is 0.0579. The van der Waals surface area contributed by atoms with Crippen LogP contribution in [0.3, 0.4) is 0 Å². The fraction of sp³-hybridized carbons (Fsp3) is 0.846. The lowest BCUT2D eigenvalue weighted by Gasteiger charge is -2.23. The van der Waals surface area contributed by atoms with Gasteiger partial charge < -0.3 is 9.47 Å². The van der Waals surface area contributed by atoms with Crippen molar-refractivity contribution in [2.75, 3.05) is 6.23 Å². The average molecular weight is 481 g/mol. The van der Waals surface area contributed by atoms with Gasteiger partial charge in [-0.25, -0.2) is 0 Å². The van der Waals surface area contributed by atoms with E-state index in [1.807, 2.05) is 27.7 Å². The van der Waals surface area contributed by atoms with E-state index >= 15 is 0 Å². The summed E-state index contributed by atoms with van der Waals surface area (Å²) in [5, 5.41) is 0. The van der Waals surface area contributed by atoms with E-state index < -0.39 is 25.6 Å². The van der Waals surface area contributed by atoms with Crippen LogP contribution in [0, 0.1) is 34.5 Å². The van der Waals surface area contributed by atoms with Crippen LogP contribution in [0.4, 0.5) is 0 Å². The molecular weight excluding hydrogens is 436 g/mol. The van der Waals surface area contributed by atoms with E-state index in [4.69, 9.17) is 9.47 Å². The molecule has 3 saturated carbocycles. The lowest BCUT2D eigenvalue weighted by atomic mass is 9.81. The van der Waals surface area contributed by atoms with Crippen molar-refractivity contribution < 1.29 is 28.7 Å². The van der Waals surface area contributed by atoms with Crippen LogP contribution < -0.4 is 0 Å². The van der Waals surface area contributed by atoms with Crippen LogP contribution in [0.1, 0.15) is 73.6 Å². The Balaban J connectivity index is 0.000000260. The van der Waals surface area contributed by atoms with Crippen molar-refractivity contribution >= 4 is 31.6 Å². The molecule has 0 radical (unpaired) electrons. The Bertz CT molecular complexity index is 750. The summed E-state index contributed by atoms with van der Waals surface area (Å²) in [5.74, 6) is -0.377. The molecule has 3 rings (SSSR count). The lowest BCUT2D eigenvalue weighted by molar-refractivity contribution is -0.166. The Kier molecular flexibility index (Phi) is 8.41. The smallest absolute Gasteiger partial charge is 0.312 e. The van der Waals surface area contributed by atoms with E-state index in [1.54, 1.807) is 13.8 Å². The van der Waals surface area contributed by atoms with E-state index in [0.29, 0.717) is 24.5 Å². The van der Waals surface area contributed by atoms with Crippen LogP contribution in [-0.4, -0.2) is 43.9 Å². The van der Waals surface area contributed by atoms with Gasteiger partial charge in [0, 0.05) is 11.8 Å². The first-order valence-corrected chi connectivity index (χ1v) is 16.2. The third-order valence-corrected chi connectivity index (χ3v) is 8.83. The molecule has 7 heteroatoms. The molecule has 0 aromatic carbocycles. The average Bonchev–Trinajstić information content (AvgIpc) is 3.41. The molecule has 4 unspecified atom stereocenters. The van der Waals surface area contributed by atoms with Crippen molar-refractivity contribution in [2.45, 2.75) is 99.4 Å². The first-order valence-electron chi connectivity index (χ1n) is 12.5. The normalized spacial score (nSPS) is 28.8. The molecule has 6 nitrogen and oxygen atoms in total. The summed E-state index contributed by atoms with van der Waals surface area (Å²) in [6.45, 7) is 17.9. The van der Waals surface area contributed by atoms with Crippen molar-refractivity contribution in [1.82, 2.24) is 0 Å². The first-order chi connectivity index (χ1) is 15.1. The van der Waals surface area contributed by atoms with Gasteiger partial charge in [-0.2, -0.15) is 0 Å². The minimum Gasteiger partial charge on any atom is -0.469 e. The van der Waals surface area contributed by atoms with E-state index in [1.165, 1.54) is 0 Å². The number of esters is 2. The molecule has 188 valence electrons. The van der Waals surface area contributed by atoms with Crippen molar-refractivity contribution in [2.24, 2.45) is 34.5 Å². The van der Waals surface area contributed by atoms with E-state index in [2.05, 4.69) is 19.6 Å². The summed E-state index contributed by atoms with van der Waals surface area (Å²) >= 11 is 0. The molecular formula is C26H44O6Si. The maximum absolute atomic E-state index is 12.4. The van der Waals surface area contributed by atoms with Crippen molar-refractivity contribution in [1.29, 1.82) is 0 Å². The summed E-state index contributed by atoms with van der Waals surface area (Å²) in [7, 11) is -1.25. The standard InChI is InChI=1S/C16H22O4.C10H22O2Si/c1-4-16(2,3)15(19)20-14-12(17)10-8-5-6-9(7-8)11(10)13(14)18;1-7-10(2,3)9(11)12-8-13(4,5)6/h8-11,14H,4-7H2,1-3H3;7-8H2,1-6H3. The molecule has 0 N–H and O–H groups in total. The van der Waals surface area contributed by atoms with Crippen LogP contribution in [0.25, 0.3) is 0 Å². The summed E-state index contributed by atoms with van der Waals surface area (Å²) in [4.78, 5) is 48.5. The minimum atomic E-state index is -1.25. The maximum Gasteiger partial charge on any atom is 0.312 e. The molecule has 0 aromatic rings. The Labute approximate surface area is 200 Å². The highest BCUT2D eigenvalue weighted by Gasteiger charge is 2.62. The topological polar surface area (TPSA) is 86.7 Å². The van der Waals surface area contributed by atoms with Gasteiger partial charge in [-0.1, -0.05) is 33.5 Å². The Hall–Kier alpha value is -1.50.